The zero-order chi connectivity index (χ0) is 37.9. The first-order valence-corrected chi connectivity index (χ1v) is 17.6. The molecule has 6 amide bonds. The number of amides is 6. The van der Waals surface area contributed by atoms with Gasteiger partial charge in [-0.3, -0.25) is 43.8 Å². The highest BCUT2D eigenvalue weighted by atomic mass is 19.1. The van der Waals surface area contributed by atoms with Crippen LogP contribution in [0, 0.1) is 5.82 Å². The number of carbonyl (C=O) groups excluding carboxylic acids is 6. The SMILES string of the molecule is O=C1CCC(N2C(=O)c3cccc(NCCOCCC(=O)N4CCN(C(=O)c5cc(Cc6n[nH]c(=O)c7ccccc67)ccc5F)CC4)c3C2=O)C(=O)N1. The van der Waals surface area contributed by atoms with Crippen LogP contribution in [-0.2, 0) is 25.5 Å². The number of hydrogen-bond acceptors (Lipinski definition) is 10. The van der Waals surface area contributed by atoms with Crippen molar-refractivity contribution in [3.63, 3.8) is 0 Å². The average molecular weight is 738 g/mol. The number of halogens is 1. The maximum Gasteiger partial charge on any atom is 0.272 e. The molecule has 1 atom stereocenters. The second-order valence-electron chi connectivity index (χ2n) is 13.2. The molecule has 0 aliphatic carbocycles. The number of rotatable bonds is 11. The van der Waals surface area contributed by atoms with Crippen LogP contribution in [-0.4, -0.2) is 112 Å². The maximum absolute atomic E-state index is 14.9. The number of benzene rings is 3. The summed E-state index contributed by atoms with van der Waals surface area (Å²) in [6, 6.07) is 15.1. The molecule has 16 heteroatoms. The molecule has 15 nitrogen and oxygen atoms in total. The molecule has 0 saturated carbocycles. The predicted molar refractivity (Wildman–Crippen MR) is 191 cm³/mol. The van der Waals surface area contributed by atoms with Gasteiger partial charge in [-0.2, -0.15) is 5.10 Å². The van der Waals surface area contributed by atoms with Crippen LogP contribution in [0.15, 0.2) is 65.5 Å². The van der Waals surface area contributed by atoms with Crippen molar-refractivity contribution in [1.82, 2.24) is 30.2 Å². The number of nitrogens with one attached hydrogen (secondary N) is 3. The van der Waals surface area contributed by atoms with Gasteiger partial charge >= 0.3 is 0 Å². The number of carbonyl (C=O) groups is 6. The Balaban J connectivity index is 0.858. The van der Waals surface area contributed by atoms with E-state index in [4.69, 9.17) is 4.74 Å². The molecule has 1 aromatic heterocycles. The normalized spacial score (nSPS) is 17.2. The Morgan fingerprint density at radius 2 is 1.65 bits per heavy atom. The Bertz CT molecular complexity index is 2250. The molecule has 1 unspecified atom stereocenters. The Hall–Kier alpha value is -6.29. The minimum atomic E-state index is -1.06. The molecule has 3 aliphatic rings. The van der Waals surface area contributed by atoms with Gasteiger partial charge in [0.1, 0.15) is 11.9 Å². The molecule has 0 bridgehead atoms. The fraction of sp³-hybridized carbons (Fsp3) is 0.316. The number of piperazine rings is 1. The molecule has 2 fully saturated rings. The number of fused-ring (bicyclic) bond motifs is 2. The smallest absolute Gasteiger partial charge is 0.272 e. The topological polar surface area (TPSA) is 191 Å². The molecule has 2 saturated heterocycles. The molecule has 0 spiro atoms. The van der Waals surface area contributed by atoms with Gasteiger partial charge in [-0.05, 0) is 42.3 Å². The molecular weight excluding hydrogens is 701 g/mol. The standard InChI is InChI=1S/C38H36FN7O8/c39-27-9-8-22(21-29-23-4-1-2-5-24(23)34(49)43-42-29)20-26(27)36(51)45-16-14-44(15-17-45)32(48)12-18-54-19-13-40-28-7-3-6-25-33(28)38(53)46(37(25)52)30-10-11-31(47)41-35(30)50/h1-9,20,30,40H,10-19,21H2,(H,43,49)(H,41,47,50). The van der Waals surface area contributed by atoms with Gasteiger partial charge in [-0.25, -0.2) is 9.49 Å². The summed E-state index contributed by atoms with van der Waals surface area (Å²) in [6.07, 6.45) is 0.469. The third kappa shape index (κ3) is 7.19. The van der Waals surface area contributed by atoms with Crippen LogP contribution >= 0.6 is 0 Å². The van der Waals surface area contributed by atoms with E-state index in [0.717, 1.165) is 4.90 Å². The number of aromatic amines is 1. The summed E-state index contributed by atoms with van der Waals surface area (Å²) in [6.45, 7) is 1.61. The lowest BCUT2D eigenvalue weighted by atomic mass is 10.0. The Labute approximate surface area is 307 Å². The highest BCUT2D eigenvalue weighted by molar-refractivity contribution is 6.25. The number of hydrogen-bond donors (Lipinski definition) is 3. The number of aromatic nitrogens is 2. The first-order valence-electron chi connectivity index (χ1n) is 17.6. The molecule has 4 aromatic rings. The predicted octanol–water partition coefficient (Wildman–Crippen LogP) is 1.86. The summed E-state index contributed by atoms with van der Waals surface area (Å²) < 4.78 is 20.6. The van der Waals surface area contributed by atoms with Gasteiger partial charge in [0.05, 0.1) is 47.4 Å². The maximum atomic E-state index is 14.9. The number of anilines is 1. The summed E-state index contributed by atoms with van der Waals surface area (Å²) in [5.41, 5.74) is 1.57. The lowest BCUT2D eigenvalue weighted by molar-refractivity contribution is -0.136. The van der Waals surface area contributed by atoms with Crippen LogP contribution in [0.2, 0.25) is 0 Å². The Morgan fingerprint density at radius 1 is 0.889 bits per heavy atom. The van der Waals surface area contributed by atoms with Crippen LogP contribution in [0.25, 0.3) is 10.8 Å². The van der Waals surface area contributed by atoms with Crippen LogP contribution in [0.1, 0.15) is 61.6 Å². The molecule has 278 valence electrons. The van der Waals surface area contributed by atoms with Crippen LogP contribution in [0.4, 0.5) is 10.1 Å². The summed E-state index contributed by atoms with van der Waals surface area (Å²) in [5.74, 6) is -3.62. The fourth-order valence-electron chi connectivity index (χ4n) is 7.01. The molecule has 3 aliphatic heterocycles. The minimum Gasteiger partial charge on any atom is -0.382 e. The monoisotopic (exact) mass is 737 g/mol. The van der Waals surface area contributed by atoms with E-state index in [1.807, 2.05) is 0 Å². The zero-order valence-electron chi connectivity index (χ0n) is 29.1. The minimum absolute atomic E-state index is 0.0278. The molecule has 0 radical (unpaired) electrons. The molecule has 3 N–H and O–H groups in total. The van der Waals surface area contributed by atoms with E-state index in [9.17, 15) is 38.0 Å². The summed E-state index contributed by atoms with van der Waals surface area (Å²) in [7, 11) is 0. The largest absolute Gasteiger partial charge is 0.382 e. The number of H-pyrrole nitrogens is 1. The zero-order valence-corrected chi connectivity index (χ0v) is 29.1. The van der Waals surface area contributed by atoms with E-state index < -0.39 is 41.4 Å². The quantitative estimate of drug-likeness (QED) is 0.151. The van der Waals surface area contributed by atoms with Crippen molar-refractivity contribution >= 4 is 51.9 Å². The third-order valence-corrected chi connectivity index (χ3v) is 9.82. The Kier molecular flexibility index (Phi) is 10.3. The van der Waals surface area contributed by atoms with Gasteiger partial charge in [0.15, 0.2) is 0 Å². The summed E-state index contributed by atoms with van der Waals surface area (Å²) >= 11 is 0. The Morgan fingerprint density at radius 3 is 2.43 bits per heavy atom. The number of ether oxygens (including phenoxy) is 1. The first kappa shape index (κ1) is 36.1. The second-order valence-corrected chi connectivity index (χ2v) is 13.2. The molecule has 7 rings (SSSR count). The lowest BCUT2D eigenvalue weighted by Gasteiger charge is -2.35. The molecule has 4 heterocycles. The van der Waals surface area contributed by atoms with E-state index >= 15 is 0 Å². The van der Waals surface area contributed by atoms with Crippen molar-refractivity contribution in [1.29, 1.82) is 0 Å². The van der Waals surface area contributed by atoms with Gasteiger partial charge < -0.3 is 19.9 Å². The number of imide groups is 2. The van der Waals surface area contributed by atoms with Crippen LogP contribution < -0.4 is 16.2 Å². The van der Waals surface area contributed by atoms with Gasteiger partial charge in [0, 0.05) is 56.6 Å². The van der Waals surface area contributed by atoms with Gasteiger partial charge in [-0.1, -0.05) is 30.3 Å². The van der Waals surface area contributed by atoms with E-state index in [-0.39, 0.29) is 99.8 Å². The molecule has 3 aromatic carbocycles. The van der Waals surface area contributed by atoms with E-state index in [1.165, 1.54) is 23.1 Å². The molecule has 54 heavy (non-hydrogen) atoms. The van der Waals surface area contributed by atoms with Crippen molar-refractivity contribution in [2.24, 2.45) is 0 Å². The van der Waals surface area contributed by atoms with Crippen molar-refractivity contribution in [2.45, 2.75) is 31.7 Å². The van der Waals surface area contributed by atoms with E-state index in [2.05, 4.69) is 20.8 Å². The van der Waals surface area contributed by atoms with Crippen molar-refractivity contribution < 1.29 is 37.9 Å². The summed E-state index contributed by atoms with van der Waals surface area (Å²) in [4.78, 5) is 92.7. The highest BCUT2D eigenvalue weighted by Crippen LogP contribution is 2.32. The van der Waals surface area contributed by atoms with Gasteiger partial charge in [-0.15, -0.1) is 0 Å². The van der Waals surface area contributed by atoms with Crippen LogP contribution in [0.5, 0.6) is 0 Å². The van der Waals surface area contributed by atoms with Crippen molar-refractivity contribution in [3.8, 4) is 0 Å². The van der Waals surface area contributed by atoms with Crippen molar-refractivity contribution in [3.05, 3.63) is 105 Å². The number of piperidine rings is 1. The average Bonchev–Trinajstić information content (AvgIpc) is 3.43. The summed E-state index contributed by atoms with van der Waals surface area (Å²) in [5, 5.41) is 13.1. The van der Waals surface area contributed by atoms with Crippen LogP contribution in [0.3, 0.4) is 0 Å². The highest BCUT2D eigenvalue weighted by Gasteiger charge is 2.45. The van der Waals surface area contributed by atoms with Gasteiger partial charge in [0.2, 0.25) is 17.7 Å². The fourth-order valence-corrected chi connectivity index (χ4v) is 7.01. The third-order valence-electron chi connectivity index (χ3n) is 9.82. The van der Waals surface area contributed by atoms with Crippen molar-refractivity contribution in [2.75, 3.05) is 51.3 Å². The first-order chi connectivity index (χ1) is 26.1. The van der Waals surface area contributed by atoms with E-state index in [1.54, 1.807) is 47.4 Å². The van der Waals surface area contributed by atoms with Gasteiger partial charge in [0.25, 0.3) is 23.3 Å². The lowest BCUT2D eigenvalue weighted by Crippen LogP contribution is -2.54. The second kappa shape index (κ2) is 15.4. The molecular formula is C38H36FN7O8. The number of nitrogens with zero attached hydrogens (tertiary/aromatic N) is 4. The van der Waals surface area contributed by atoms with E-state index in [0.29, 0.717) is 27.7 Å².